The molecule has 24 heavy (non-hydrogen) atoms. The van der Waals surface area contributed by atoms with Gasteiger partial charge in [0.05, 0.1) is 0 Å². The standard InChI is InChI=1S/C19H20N2O3/c1-13-4-6-14(7-5-13)18(22)20-15-8-10-16(11-9-15)21-19(23)17-3-2-12-24-17/h4-11,17H,2-3,12H2,1H3,(H,20,22)(H,21,23). The van der Waals surface area contributed by atoms with Crippen LogP contribution in [0.3, 0.4) is 0 Å². The lowest BCUT2D eigenvalue weighted by atomic mass is 10.1. The van der Waals surface area contributed by atoms with Gasteiger partial charge in [0.2, 0.25) is 0 Å². The third-order valence-electron chi connectivity index (χ3n) is 3.95. The first kappa shape index (κ1) is 16.2. The van der Waals surface area contributed by atoms with E-state index in [1.54, 1.807) is 36.4 Å². The highest BCUT2D eigenvalue weighted by molar-refractivity contribution is 6.04. The molecule has 124 valence electrons. The van der Waals surface area contributed by atoms with Crippen molar-refractivity contribution in [3.63, 3.8) is 0 Å². The Labute approximate surface area is 141 Å². The highest BCUT2D eigenvalue weighted by Crippen LogP contribution is 2.18. The largest absolute Gasteiger partial charge is 0.368 e. The number of nitrogens with one attached hydrogen (secondary N) is 2. The van der Waals surface area contributed by atoms with E-state index in [0.717, 1.165) is 18.4 Å². The molecule has 1 unspecified atom stereocenters. The molecule has 2 amide bonds. The number of carbonyl (C=O) groups is 2. The smallest absolute Gasteiger partial charge is 0.255 e. The number of carbonyl (C=O) groups excluding carboxylic acids is 2. The van der Waals surface area contributed by atoms with E-state index in [4.69, 9.17) is 4.74 Å². The van der Waals surface area contributed by atoms with Crippen LogP contribution in [-0.4, -0.2) is 24.5 Å². The number of rotatable bonds is 4. The predicted molar refractivity (Wildman–Crippen MR) is 93.2 cm³/mol. The van der Waals surface area contributed by atoms with Crippen LogP contribution in [0.2, 0.25) is 0 Å². The Kier molecular flexibility index (Phi) is 4.91. The summed E-state index contributed by atoms with van der Waals surface area (Å²) >= 11 is 0. The molecule has 0 aromatic heterocycles. The maximum absolute atomic E-state index is 12.2. The molecule has 1 aliphatic rings. The minimum Gasteiger partial charge on any atom is -0.368 e. The van der Waals surface area contributed by atoms with Gasteiger partial charge in [-0.2, -0.15) is 0 Å². The van der Waals surface area contributed by atoms with Crippen molar-refractivity contribution in [1.82, 2.24) is 0 Å². The van der Waals surface area contributed by atoms with Crippen molar-refractivity contribution in [2.75, 3.05) is 17.2 Å². The maximum atomic E-state index is 12.2. The van der Waals surface area contributed by atoms with Crippen LogP contribution in [0.25, 0.3) is 0 Å². The molecule has 0 aliphatic carbocycles. The molecule has 0 radical (unpaired) electrons. The molecule has 2 N–H and O–H groups in total. The van der Waals surface area contributed by atoms with Crippen LogP contribution in [0.1, 0.15) is 28.8 Å². The second-order valence-electron chi connectivity index (χ2n) is 5.89. The number of benzene rings is 2. The van der Waals surface area contributed by atoms with Gasteiger partial charge in [0.1, 0.15) is 6.10 Å². The number of amides is 2. The molecule has 5 nitrogen and oxygen atoms in total. The van der Waals surface area contributed by atoms with Crippen LogP contribution >= 0.6 is 0 Å². The van der Waals surface area contributed by atoms with Gasteiger partial charge < -0.3 is 15.4 Å². The monoisotopic (exact) mass is 324 g/mol. The quantitative estimate of drug-likeness (QED) is 0.906. The minimum atomic E-state index is -0.356. The summed E-state index contributed by atoms with van der Waals surface area (Å²) in [7, 11) is 0. The number of hydrogen-bond donors (Lipinski definition) is 2. The summed E-state index contributed by atoms with van der Waals surface area (Å²) < 4.78 is 5.35. The van der Waals surface area contributed by atoms with E-state index >= 15 is 0 Å². The molecule has 1 heterocycles. The second kappa shape index (κ2) is 7.27. The first-order chi connectivity index (χ1) is 11.6. The maximum Gasteiger partial charge on any atom is 0.255 e. The molecule has 5 heteroatoms. The Morgan fingerprint density at radius 3 is 2.17 bits per heavy atom. The average Bonchev–Trinajstić information content (AvgIpc) is 3.12. The zero-order valence-electron chi connectivity index (χ0n) is 13.5. The van der Waals surface area contributed by atoms with Crippen LogP contribution in [0, 0.1) is 6.92 Å². The fourth-order valence-electron chi connectivity index (χ4n) is 2.55. The van der Waals surface area contributed by atoms with E-state index in [0.29, 0.717) is 23.5 Å². The zero-order valence-corrected chi connectivity index (χ0v) is 13.5. The molecule has 1 saturated heterocycles. The third kappa shape index (κ3) is 4.00. The van der Waals surface area contributed by atoms with Gasteiger partial charge in [-0.1, -0.05) is 17.7 Å². The first-order valence-corrected chi connectivity index (χ1v) is 8.02. The van der Waals surface area contributed by atoms with Crippen molar-refractivity contribution in [2.24, 2.45) is 0 Å². The van der Waals surface area contributed by atoms with Crippen LogP contribution in [0.5, 0.6) is 0 Å². The molecular formula is C19H20N2O3. The molecule has 0 bridgehead atoms. The Hall–Kier alpha value is -2.66. The highest BCUT2D eigenvalue weighted by atomic mass is 16.5. The lowest BCUT2D eigenvalue weighted by Crippen LogP contribution is -2.26. The summed E-state index contributed by atoms with van der Waals surface area (Å²) in [4.78, 5) is 24.1. The molecule has 3 rings (SSSR count). The molecular weight excluding hydrogens is 304 g/mol. The van der Waals surface area contributed by atoms with E-state index in [2.05, 4.69) is 10.6 Å². The lowest BCUT2D eigenvalue weighted by Gasteiger charge is -2.11. The topological polar surface area (TPSA) is 67.4 Å². The molecule has 0 spiro atoms. The van der Waals surface area contributed by atoms with E-state index in [9.17, 15) is 9.59 Å². The Bertz CT molecular complexity index is 717. The molecule has 1 atom stereocenters. The summed E-state index contributed by atoms with van der Waals surface area (Å²) in [5.74, 6) is -0.282. The summed E-state index contributed by atoms with van der Waals surface area (Å²) in [6.07, 6.45) is 1.32. The van der Waals surface area contributed by atoms with Crippen molar-refractivity contribution in [2.45, 2.75) is 25.9 Å². The van der Waals surface area contributed by atoms with Crippen LogP contribution in [-0.2, 0) is 9.53 Å². The Morgan fingerprint density at radius 2 is 1.58 bits per heavy atom. The predicted octanol–water partition coefficient (Wildman–Crippen LogP) is 3.36. The van der Waals surface area contributed by atoms with Crippen molar-refractivity contribution in [1.29, 1.82) is 0 Å². The Balaban J connectivity index is 1.58. The van der Waals surface area contributed by atoms with Crippen LogP contribution in [0.4, 0.5) is 11.4 Å². The number of hydrogen-bond acceptors (Lipinski definition) is 3. The van der Waals surface area contributed by atoms with E-state index in [1.165, 1.54) is 0 Å². The van der Waals surface area contributed by atoms with Crippen molar-refractivity contribution < 1.29 is 14.3 Å². The van der Waals surface area contributed by atoms with Gasteiger partial charge in [0, 0.05) is 23.5 Å². The zero-order chi connectivity index (χ0) is 16.9. The van der Waals surface area contributed by atoms with Gasteiger partial charge in [0.15, 0.2) is 0 Å². The van der Waals surface area contributed by atoms with Crippen molar-refractivity contribution in [3.05, 3.63) is 59.7 Å². The van der Waals surface area contributed by atoms with Gasteiger partial charge in [0.25, 0.3) is 11.8 Å². The van der Waals surface area contributed by atoms with Crippen molar-refractivity contribution >= 4 is 23.2 Å². The summed E-state index contributed by atoms with van der Waals surface area (Å²) in [5.41, 5.74) is 3.08. The minimum absolute atomic E-state index is 0.121. The lowest BCUT2D eigenvalue weighted by molar-refractivity contribution is -0.124. The van der Waals surface area contributed by atoms with Gasteiger partial charge in [-0.25, -0.2) is 0 Å². The van der Waals surface area contributed by atoms with E-state index in [1.807, 2.05) is 19.1 Å². The normalized spacial score (nSPS) is 16.6. The highest BCUT2D eigenvalue weighted by Gasteiger charge is 2.23. The van der Waals surface area contributed by atoms with Crippen LogP contribution in [0.15, 0.2) is 48.5 Å². The summed E-state index contributed by atoms with van der Waals surface area (Å²) in [6, 6.07) is 14.4. The van der Waals surface area contributed by atoms with E-state index < -0.39 is 0 Å². The van der Waals surface area contributed by atoms with E-state index in [-0.39, 0.29) is 17.9 Å². The molecule has 1 aliphatic heterocycles. The number of ether oxygens (including phenoxy) is 1. The van der Waals surface area contributed by atoms with Crippen LogP contribution < -0.4 is 10.6 Å². The molecule has 2 aromatic carbocycles. The van der Waals surface area contributed by atoms with Gasteiger partial charge in [-0.05, 0) is 56.2 Å². The SMILES string of the molecule is Cc1ccc(C(=O)Nc2ccc(NC(=O)C3CCCO3)cc2)cc1. The van der Waals surface area contributed by atoms with Gasteiger partial charge >= 0.3 is 0 Å². The first-order valence-electron chi connectivity index (χ1n) is 8.02. The van der Waals surface area contributed by atoms with Crippen molar-refractivity contribution in [3.8, 4) is 0 Å². The summed E-state index contributed by atoms with van der Waals surface area (Å²) in [6.45, 7) is 2.62. The third-order valence-corrected chi connectivity index (χ3v) is 3.95. The fourth-order valence-corrected chi connectivity index (χ4v) is 2.55. The molecule has 2 aromatic rings. The van der Waals surface area contributed by atoms with Gasteiger partial charge in [-0.3, -0.25) is 9.59 Å². The van der Waals surface area contributed by atoms with Gasteiger partial charge in [-0.15, -0.1) is 0 Å². The second-order valence-corrected chi connectivity index (χ2v) is 5.89. The molecule has 0 saturated carbocycles. The summed E-state index contributed by atoms with van der Waals surface area (Å²) in [5, 5.41) is 5.66. The number of aryl methyl sites for hydroxylation is 1. The number of anilines is 2. The molecule has 1 fully saturated rings. The average molecular weight is 324 g/mol. The fraction of sp³-hybridized carbons (Fsp3) is 0.263. The Morgan fingerprint density at radius 1 is 0.958 bits per heavy atom.